The van der Waals surface area contributed by atoms with E-state index in [9.17, 15) is 0 Å². The van der Waals surface area contributed by atoms with E-state index in [0.717, 1.165) is 28.3 Å². The summed E-state index contributed by atoms with van der Waals surface area (Å²) in [6, 6.07) is 5.90. The normalized spacial score (nSPS) is 10.8. The Morgan fingerprint density at radius 1 is 1.31 bits per heavy atom. The third kappa shape index (κ3) is 4.88. The van der Waals surface area contributed by atoms with Crippen LogP contribution < -0.4 is 11.1 Å². The summed E-state index contributed by atoms with van der Waals surface area (Å²) in [6.07, 6.45) is 3.78. The number of hydrogen-bond acceptors (Lipinski definition) is 2. The summed E-state index contributed by atoms with van der Waals surface area (Å²) < 4.78 is 1.06. The topological polar surface area (TPSA) is 38.0 Å². The highest BCUT2D eigenvalue weighted by Gasteiger charge is 1.99. The molecule has 16 heavy (non-hydrogen) atoms. The first kappa shape index (κ1) is 13.4. The van der Waals surface area contributed by atoms with Crippen molar-refractivity contribution < 1.29 is 0 Å². The van der Waals surface area contributed by atoms with Crippen LogP contribution in [-0.4, -0.2) is 6.54 Å². The fourth-order valence-corrected chi connectivity index (χ4v) is 1.94. The zero-order valence-electron chi connectivity index (χ0n) is 10.1. The van der Waals surface area contributed by atoms with Gasteiger partial charge in [-0.2, -0.15) is 0 Å². The number of hydrogen-bond donors (Lipinski definition) is 2. The molecule has 0 aliphatic rings. The Morgan fingerprint density at radius 2 is 2.06 bits per heavy atom. The van der Waals surface area contributed by atoms with Crippen molar-refractivity contribution in [1.82, 2.24) is 0 Å². The van der Waals surface area contributed by atoms with Gasteiger partial charge in [0.1, 0.15) is 0 Å². The van der Waals surface area contributed by atoms with Crippen LogP contribution in [0.3, 0.4) is 0 Å². The third-order valence-corrected chi connectivity index (χ3v) is 3.03. The highest BCUT2D eigenvalue weighted by atomic mass is 79.9. The Hall–Kier alpha value is -0.700. The molecule has 1 aromatic carbocycles. The molecule has 90 valence electrons. The number of halogens is 1. The Kier molecular flexibility index (Phi) is 5.67. The van der Waals surface area contributed by atoms with Gasteiger partial charge in [0, 0.05) is 11.0 Å². The molecule has 0 aromatic heterocycles. The van der Waals surface area contributed by atoms with E-state index in [2.05, 4.69) is 35.1 Å². The highest BCUT2D eigenvalue weighted by molar-refractivity contribution is 9.10. The number of nitrogen functional groups attached to an aromatic ring is 1. The van der Waals surface area contributed by atoms with Crippen LogP contribution in [0.4, 0.5) is 11.4 Å². The van der Waals surface area contributed by atoms with Gasteiger partial charge in [0.2, 0.25) is 0 Å². The van der Waals surface area contributed by atoms with E-state index in [4.69, 9.17) is 5.73 Å². The smallest absolute Gasteiger partial charge is 0.0585 e. The average molecular weight is 285 g/mol. The summed E-state index contributed by atoms with van der Waals surface area (Å²) in [6.45, 7) is 5.52. The Bertz CT molecular complexity index is 324. The van der Waals surface area contributed by atoms with Crippen molar-refractivity contribution in [3.8, 4) is 0 Å². The van der Waals surface area contributed by atoms with E-state index < -0.39 is 0 Å². The molecule has 2 nitrogen and oxygen atoms in total. The van der Waals surface area contributed by atoms with Crippen molar-refractivity contribution in [3.63, 3.8) is 0 Å². The van der Waals surface area contributed by atoms with Crippen molar-refractivity contribution in [1.29, 1.82) is 0 Å². The van der Waals surface area contributed by atoms with Crippen molar-refractivity contribution in [2.24, 2.45) is 5.92 Å². The average Bonchev–Trinajstić information content (AvgIpc) is 2.22. The minimum Gasteiger partial charge on any atom is -0.397 e. The predicted octanol–water partition coefficient (Wildman–Crippen LogP) is 4.27. The van der Waals surface area contributed by atoms with Gasteiger partial charge in [-0.25, -0.2) is 0 Å². The van der Waals surface area contributed by atoms with Gasteiger partial charge in [-0.15, -0.1) is 0 Å². The lowest BCUT2D eigenvalue weighted by atomic mass is 10.1. The maximum atomic E-state index is 5.87. The van der Waals surface area contributed by atoms with Gasteiger partial charge in [-0.05, 0) is 30.5 Å². The predicted molar refractivity (Wildman–Crippen MR) is 75.7 cm³/mol. The highest BCUT2D eigenvalue weighted by Crippen LogP contribution is 2.23. The Balaban J connectivity index is 2.29. The number of nitrogens with one attached hydrogen (secondary N) is 1. The molecule has 0 atom stereocenters. The van der Waals surface area contributed by atoms with Crippen LogP contribution in [-0.2, 0) is 0 Å². The molecule has 0 radical (unpaired) electrons. The molecule has 1 rings (SSSR count). The van der Waals surface area contributed by atoms with E-state index in [1.165, 1.54) is 19.3 Å². The van der Waals surface area contributed by atoms with Crippen LogP contribution >= 0.6 is 15.9 Å². The van der Waals surface area contributed by atoms with Crippen LogP contribution in [0.25, 0.3) is 0 Å². The van der Waals surface area contributed by atoms with Gasteiger partial charge in [0.25, 0.3) is 0 Å². The first-order valence-corrected chi connectivity index (χ1v) is 6.68. The number of unbranched alkanes of at least 4 members (excludes halogenated alkanes) is 1. The number of rotatable bonds is 6. The van der Waals surface area contributed by atoms with Crippen molar-refractivity contribution in [2.45, 2.75) is 33.1 Å². The van der Waals surface area contributed by atoms with E-state index in [1.807, 2.05) is 18.2 Å². The molecule has 0 amide bonds. The molecule has 0 unspecified atom stereocenters. The van der Waals surface area contributed by atoms with Crippen LogP contribution in [0.15, 0.2) is 22.7 Å². The number of anilines is 2. The van der Waals surface area contributed by atoms with Gasteiger partial charge in [0.15, 0.2) is 0 Å². The van der Waals surface area contributed by atoms with Crippen LogP contribution in [0.5, 0.6) is 0 Å². The van der Waals surface area contributed by atoms with Crippen molar-refractivity contribution in [3.05, 3.63) is 22.7 Å². The van der Waals surface area contributed by atoms with Crippen LogP contribution in [0.1, 0.15) is 33.1 Å². The summed E-state index contributed by atoms with van der Waals surface area (Å²) in [7, 11) is 0. The molecule has 0 fully saturated rings. The first-order valence-electron chi connectivity index (χ1n) is 5.88. The van der Waals surface area contributed by atoms with E-state index in [1.54, 1.807) is 0 Å². The van der Waals surface area contributed by atoms with E-state index >= 15 is 0 Å². The lowest BCUT2D eigenvalue weighted by molar-refractivity contribution is 0.545. The van der Waals surface area contributed by atoms with Crippen molar-refractivity contribution >= 4 is 27.3 Å². The molecule has 0 aliphatic carbocycles. The summed E-state index contributed by atoms with van der Waals surface area (Å²) in [5, 5.41) is 3.37. The lowest BCUT2D eigenvalue weighted by Gasteiger charge is -2.10. The van der Waals surface area contributed by atoms with E-state index in [-0.39, 0.29) is 0 Å². The fourth-order valence-electron chi connectivity index (χ4n) is 1.58. The van der Waals surface area contributed by atoms with Gasteiger partial charge >= 0.3 is 0 Å². The van der Waals surface area contributed by atoms with Gasteiger partial charge in [-0.1, -0.05) is 42.6 Å². The second kappa shape index (κ2) is 6.79. The Morgan fingerprint density at radius 3 is 2.75 bits per heavy atom. The quantitative estimate of drug-likeness (QED) is 0.605. The molecule has 0 saturated carbocycles. The summed E-state index contributed by atoms with van der Waals surface area (Å²) >= 11 is 3.44. The molecule has 1 aromatic rings. The van der Waals surface area contributed by atoms with Gasteiger partial charge < -0.3 is 11.1 Å². The molecule has 0 aliphatic heterocycles. The summed E-state index contributed by atoms with van der Waals surface area (Å²) in [5.41, 5.74) is 7.71. The van der Waals surface area contributed by atoms with Gasteiger partial charge in [0.05, 0.1) is 11.4 Å². The Labute approximate surface area is 107 Å². The minimum absolute atomic E-state index is 0.802. The molecular formula is C13H21BrN2. The fraction of sp³-hybridized carbons (Fsp3) is 0.538. The second-order valence-corrected chi connectivity index (χ2v) is 5.46. The van der Waals surface area contributed by atoms with Crippen LogP contribution in [0.2, 0.25) is 0 Å². The summed E-state index contributed by atoms with van der Waals surface area (Å²) in [4.78, 5) is 0. The molecule has 0 spiro atoms. The molecule has 0 saturated heterocycles. The minimum atomic E-state index is 0.802. The van der Waals surface area contributed by atoms with Crippen molar-refractivity contribution in [2.75, 3.05) is 17.6 Å². The van der Waals surface area contributed by atoms with E-state index in [0.29, 0.717) is 0 Å². The lowest BCUT2D eigenvalue weighted by Crippen LogP contribution is -2.04. The molecule has 3 heteroatoms. The zero-order chi connectivity index (χ0) is 12.0. The van der Waals surface area contributed by atoms with Crippen LogP contribution in [0, 0.1) is 5.92 Å². The third-order valence-electron chi connectivity index (χ3n) is 2.54. The monoisotopic (exact) mass is 284 g/mol. The standard InChI is InChI=1S/C13H21BrN2/c1-10(2)5-3-4-8-16-13-9-11(14)6-7-12(13)15/h6-7,9-10,16H,3-5,8,15H2,1-2H3. The molecule has 0 heterocycles. The maximum Gasteiger partial charge on any atom is 0.0585 e. The maximum absolute atomic E-state index is 5.87. The number of nitrogens with two attached hydrogens (primary N) is 1. The largest absolute Gasteiger partial charge is 0.397 e. The molecule has 0 bridgehead atoms. The second-order valence-electron chi connectivity index (χ2n) is 4.55. The first-order chi connectivity index (χ1) is 7.59. The SMILES string of the molecule is CC(C)CCCCNc1cc(Br)ccc1N. The molecular weight excluding hydrogens is 264 g/mol. The molecule has 3 N–H and O–H groups in total. The number of benzene rings is 1. The zero-order valence-corrected chi connectivity index (χ0v) is 11.7. The van der Waals surface area contributed by atoms with Gasteiger partial charge in [-0.3, -0.25) is 0 Å². The summed E-state index contributed by atoms with van der Waals surface area (Å²) in [5.74, 6) is 0.802.